The van der Waals surface area contributed by atoms with Crippen LogP contribution in [0.15, 0.2) is 67.0 Å². The topological polar surface area (TPSA) is 83.4 Å². The van der Waals surface area contributed by atoms with Crippen LogP contribution < -0.4 is 4.90 Å². The molecule has 1 heterocycles. The Hall–Kier alpha value is -3.54. The minimum Gasteiger partial charge on any atom is -0.480 e. The lowest BCUT2D eigenvalue weighted by atomic mass is 10.1. The van der Waals surface area contributed by atoms with Gasteiger partial charge in [-0.05, 0) is 19.1 Å². The summed E-state index contributed by atoms with van der Waals surface area (Å²) in [7, 11) is 0. The Bertz CT molecular complexity index is 911. The first kappa shape index (κ1) is 17.3. The highest BCUT2D eigenvalue weighted by Crippen LogP contribution is 2.28. The summed E-state index contributed by atoms with van der Waals surface area (Å²) in [5.74, 6) is -0.472. The van der Waals surface area contributed by atoms with Crippen LogP contribution in [0.2, 0.25) is 0 Å². The van der Waals surface area contributed by atoms with E-state index in [0.29, 0.717) is 17.1 Å². The van der Waals surface area contributed by atoms with E-state index in [2.05, 4.69) is 9.97 Å². The highest BCUT2D eigenvalue weighted by Gasteiger charge is 2.24. The van der Waals surface area contributed by atoms with Crippen LogP contribution in [0.5, 0.6) is 0 Å². The summed E-state index contributed by atoms with van der Waals surface area (Å²) in [5, 5.41) is 9.50. The van der Waals surface area contributed by atoms with Crippen molar-refractivity contribution in [2.24, 2.45) is 0 Å². The Labute approximate surface area is 150 Å². The van der Waals surface area contributed by atoms with E-state index in [1.165, 1.54) is 6.33 Å². The average molecular weight is 347 g/mol. The zero-order valence-corrected chi connectivity index (χ0v) is 14.1. The molecule has 0 spiro atoms. The summed E-state index contributed by atoms with van der Waals surface area (Å²) >= 11 is 0. The molecule has 0 fully saturated rings. The minimum absolute atomic E-state index is 0.482. The number of para-hydroxylation sites is 1. The number of nitrogens with zero attached hydrogens (tertiary/aromatic N) is 3. The van der Waals surface area contributed by atoms with E-state index in [4.69, 9.17) is 0 Å². The van der Waals surface area contributed by atoms with Gasteiger partial charge in [-0.15, -0.1) is 0 Å². The van der Waals surface area contributed by atoms with E-state index in [1.807, 2.05) is 30.3 Å². The summed E-state index contributed by atoms with van der Waals surface area (Å²) in [5.41, 5.74) is 2.76. The van der Waals surface area contributed by atoms with Crippen LogP contribution in [0.25, 0.3) is 11.3 Å². The molecule has 0 saturated carbocycles. The molecule has 2 aromatic carbocycles. The highest BCUT2D eigenvalue weighted by atomic mass is 16.4. The Morgan fingerprint density at radius 3 is 2.38 bits per heavy atom. The standard InChI is InChI=1S/C20H17N3O3/c1-14(20(25)26)23(17-5-3-2-4-6-17)19-11-18(21-13-22-19)16-9-7-15(12-24)8-10-16/h2-14H,1H3,(H,25,26)/t14-/m0/s1. The van der Waals surface area contributed by atoms with Crippen LogP contribution in [-0.2, 0) is 4.79 Å². The number of hydrogen-bond donors (Lipinski definition) is 1. The molecular weight excluding hydrogens is 330 g/mol. The monoisotopic (exact) mass is 347 g/mol. The van der Waals surface area contributed by atoms with Crippen molar-refractivity contribution in [3.8, 4) is 11.3 Å². The van der Waals surface area contributed by atoms with Crippen LogP contribution in [0.3, 0.4) is 0 Å². The molecule has 0 unspecified atom stereocenters. The number of rotatable bonds is 6. The average Bonchev–Trinajstić information content (AvgIpc) is 2.69. The van der Waals surface area contributed by atoms with Gasteiger partial charge in [0.15, 0.2) is 0 Å². The predicted octanol–water partition coefficient (Wildman–Crippen LogP) is 3.57. The Kier molecular flexibility index (Phi) is 5.03. The van der Waals surface area contributed by atoms with E-state index in [-0.39, 0.29) is 0 Å². The lowest BCUT2D eigenvalue weighted by Gasteiger charge is -2.27. The molecule has 3 rings (SSSR count). The van der Waals surface area contributed by atoms with Crippen molar-refractivity contribution in [1.82, 2.24) is 9.97 Å². The number of aldehydes is 1. The van der Waals surface area contributed by atoms with Crippen LogP contribution >= 0.6 is 0 Å². The van der Waals surface area contributed by atoms with Gasteiger partial charge < -0.3 is 10.0 Å². The molecule has 3 aromatic rings. The third-order valence-corrected chi connectivity index (χ3v) is 4.02. The third-order valence-electron chi connectivity index (χ3n) is 4.02. The fraction of sp³-hybridized carbons (Fsp3) is 0.100. The predicted molar refractivity (Wildman–Crippen MR) is 98.5 cm³/mol. The van der Waals surface area contributed by atoms with Crippen molar-refractivity contribution < 1.29 is 14.7 Å². The smallest absolute Gasteiger partial charge is 0.326 e. The fourth-order valence-electron chi connectivity index (χ4n) is 2.62. The summed E-state index contributed by atoms with van der Waals surface area (Å²) in [4.78, 5) is 32.6. The van der Waals surface area contributed by atoms with Gasteiger partial charge >= 0.3 is 5.97 Å². The number of aliphatic carboxylic acids is 1. The van der Waals surface area contributed by atoms with Gasteiger partial charge in [-0.2, -0.15) is 0 Å². The van der Waals surface area contributed by atoms with Crippen LogP contribution in [0.4, 0.5) is 11.5 Å². The number of anilines is 2. The summed E-state index contributed by atoms with van der Waals surface area (Å²) < 4.78 is 0. The first-order chi connectivity index (χ1) is 12.6. The number of hydrogen-bond acceptors (Lipinski definition) is 5. The zero-order valence-electron chi connectivity index (χ0n) is 14.1. The van der Waals surface area contributed by atoms with Gasteiger partial charge in [-0.25, -0.2) is 14.8 Å². The quantitative estimate of drug-likeness (QED) is 0.686. The van der Waals surface area contributed by atoms with Gasteiger partial charge in [-0.3, -0.25) is 4.79 Å². The molecule has 0 aliphatic rings. The molecule has 0 aliphatic carbocycles. The lowest BCUT2D eigenvalue weighted by Crippen LogP contribution is -2.36. The van der Waals surface area contributed by atoms with Crippen molar-refractivity contribution in [3.63, 3.8) is 0 Å². The van der Waals surface area contributed by atoms with E-state index in [0.717, 1.165) is 17.5 Å². The van der Waals surface area contributed by atoms with Crippen LogP contribution in [0, 0.1) is 0 Å². The summed E-state index contributed by atoms with van der Waals surface area (Å²) in [6.45, 7) is 1.61. The van der Waals surface area contributed by atoms with E-state index in [9.17, 15) is 14.7 Å². The molecule has 6 heteroatoms. The molecule has 0 saturated heterocycles. The highest BCUT2D eigenvalue weighted by molar-refractivity contribution is 5.82. The number of carbonyl (C=O) groups is 2. The van der Waals surface area contributed by atoms with Crippen molar-refractivity contribution in [1.29, 1.82) is 0 Å². The third kappa shape index (κ3) is 3.59. The first-order valence-corrected chi connectivity index (χ1v) is 8.05. The Morgan fingerprint density at radius 1 is 1.08 bits per heavy atom. The number of benzene rings is 2. The summed E-state index contributed by atoms with van der Waals surface area (Å²) in [6, 6.07) is 17.2. The SMILES string of the molecule is C[C@@H](C(=O)O)N(c1ccccc1)c1cc(-c2ccc(C=O)cc2)ncn1. The first-order valence-electron chi connectivity index (χ1n) is 8.05. The van der Waals surface area contributed by atoms with Gasteiger partial charge in [0.05, 0.1) is 5.69 Å². The van der Waals surface area contributed by atoms with Gasteiger partial charge in [0, 0.05) is 22.9 Å². The van der Waals surface area contributed by atoms with E-state index >= 15 is 0 Å². The normalized spacial score (nSPS) is 11.6. The molecule has 130 valence electrons. The zero-order chi connectivity index (χ0) is 18.5. The van der Waals surface area contributed by atoms with E-state index < -0.39 is 12.0 Å². The largest absolute Gasteiger partial charge is 0.480 e. The van der Waals surface area contributed by atoms with Gasteiger partial charge in [-0.1, -0.05) is 42.5 Å². The van der Waals surface area contributed by atoms with Gasteiger partial charge in [0.1, 0.15) is 24.5 Å². The van der Waals surface area contributed by atoms with Crippen LogP contribution in [0.1, 0.15) is 17.3 Å². The number of carboxylic acid groups (broad SMARTS) is 1. The minimum atomic E-state index is -0.954. The molecule has 6 nitrogen and oxygen atoms in total. The van der Waals surface area contributed by atoms with Gasteiger partial charge in [0.2, 0.25) is 0 Å². The molecule has 1 atom stereocenters. The molecule has 1 aromatic heterocycles. The van der Waals surface area contributed by atoms with E-state index in [1.54, 1.807) is 42.2 Å². The molecule has 0 aliphatic heterocycles. The molecular formula is C20H17N3O3. The fourth-order valence-corrected chi connectivity index (χ4v) is 2.62. The maximum absolute atomic E-state index is 11.6. The van der Waals surface area contributed by atoms with Crippen molar-refractivity contribution >= 4 is 23.8 Å². The second-order valence-electron chi connectivity index (χ2n) is 5.72. The second-order valence-corrected chi connectivity index (χ2v) is 5.72. The van der Waals surface area contributed by atoms with Crippen LogP contribution in [-0.4, -0.2) is 33.4 Å². The van der Waals surface area contributed by atoms with Crippen molar-refractivity contribution in [2.75, 3.05) is 4.90 Å². The molecule has 1 N–H and O–H groups in total. The molecule has 26 heavy (non-hydrogen) atoms. The van der Waals surface area contributed by atoms with Crippen molar-refractivity contribution in [2.45, 2.75) is 13.0 Å². The Morgan fingerprint density at radius 2 is 1.77 bits per heavy atom. The molecule has 0 amide bonds. The number of carbonyl (C=O) groups excluding carboxylic acids is 1. The van der Waals surface area contributed by atoms with Crippen molar-refractivity contribution in [3.05, 3.63) is 72.6 Å². The second kappa shape index (κ2) is 7.57. The lowest BCUT2D eigenvalue weighted by molar-refractivity contribution is -0.138. The number of carboxylic acids is 1. The molecule has 0 radical (unpaired) electrons. The maximum atomic E-state index is 11.6. The Balaban J connectivity index is 2.04. The summed E-state index contributed by atoms with van der Waals surface area (Å²) in [6.07, 6.45) is 2.18. The molecule has 0 bridgehead atoms. The maximum Gasteiger partial charge on any atom is 0.326 e. The van der Waals surface area contributed by atoms with Gasteiger partial charge in [0.25, 0.3) is 0 Å². The number of aromatic nitrogens is 2.